The SMILES string of the molecule is CN(C)C(CN)c1n[n+](=O)c2cc3c(cc2n1[O-])CCO3. The van der Waals surface area contributed by atoms with E-state index in [1.165, 1.54) is 0 Å². The molecule has 1 unspecified atom stereocenters. The predicted octanol–water partition coefficient (Wildman–Crippen LogP) is -0.207. The van der Waals surface area contributed by atoms with Gasteiger partial charge in [0.05, 0.1) is 28.7 Å². The number of fused-ring (bicyclic) bond motifs is 2. The highest BCUT2D eigenvalue weighted by Crippen LogP contribution is 2.29. The highest BCUT2D eigenvalue weighted by molar-refractivity contribution is 5.76. The first-order valence-electron chi connectivity index (χ1n) is 6.72. The Morgan fingerprint density at radius 2 is 2.33 bits per heavy atom. The summed E-state index contributed by atoms with van der Waals surface area (Å²) < 4.78 is 6.58. The summed E-state index contributed by atoms with van der Waals surface area (Å²) in [5.41, 5.74) is 7.11. The molecular formula is C13H17N5O3. The lowest BCUT2D eigenvalue weighted by molar-refractivity contribution is -0.538. The summed E-state index contributed by atoms with van der Waals surface area (Å²) in [6.45, 7) is 0.759. The second-order valence-electron chi connectivity index (χ2n) is 5.29. The molecule has 1 aliphatic rings. The van der Waals surface area contributed by atoms with Gasteiger partial charge in [-0.05, 0) is 20.2 Å². The van der Waals surface area contributed by atoms with Crippen LogP contribution in [0, 0.1) is 10.1 Å². The molecule has 8 nitrogen and oxygen atoms in total. The van der Waals surface area contributed by atoms with E-state index in [2.05, 4.69) is 5.10 Å². The molecular weight excluding hydrogens is 274 g/mol. The Hall–Kier alpha value is -2.19. The van der Waals surface area contributed by atoms with Crippen molar-refractivity contribution in [3.05, 3.63) is 33.6 Å². The maximum Gasteiger partial charge on any atom is 0.321 e. The Labute approximate surface area is 120 Å². The molecule has 1 atom stereocenters. The molecule has 2 heterocycles. The smallest absolute Gasteiger partial charge is 0.321 e. The first kappa shape index (κ1) is 13.8. The van der Waals surface area contributed by atoms with Gasteiger partial charge in [0.25, 0.3) is 0 Å². The molecule has 0 amide bonds. The van der Waals surface area contributed by atoms with E-state index >= 15 is 0 Å². The Balaban J connectivity index is 2.28. The van der Waals surface area contributed by atoms with Gasteiger partial charge in [0.1, 0.15) is 11.3 Å². The number of ether oxygens (including phenoxy) is 1. The average molecular weight is 291 g/mol. The Morgan fingerprint density at radius 3 is 3.00 bits per heavy atom. The number of benzene rings is 1. The normalized spacial score (nSPS) is 15.2. The molecule has 3 rings (SSSR count). The van der Waals surface area contributed by atoms with Gasteiger partial charge in [0.15, 0.2) is 10.4 Å². The lowest BCUT2D eigenvalue weighted by Crippen LogP contribution is -2.35. The van der Waals surface area contributed by atoms with Gasteiger partial charge in [-0.1, -0.05) is 0 Å². The van der Waals surface area contributed by atoms with Gasteiger partial charge in [-0.25, -0.2) is 0 Å². The van der Waals surface area contributed by atoms with Crippen LogP contribution in [0.2, 0.25) is 0 Å². The zero-order valence-electron chi connectivity index (χ0n) is 11.9. The van der Waals surface area contributed by atoms with Crippen molar-refractivity contribution in [2.75, 3.05) is 27.2 Å². The minimum Gasteiger partial charge on any atom is -0.804 e. The van der Waals surface area contributed by atoms with Crippen LogP contribution in [0.25, 0.3) is 11.0 Å². The Kier molecular flexibility index (Phi) is 3.26. The first-order valence-corrected chi connectivity index (χ1v) is 6.72. The van der Waals surface area contributed by atoms with Crippen molar-refractivity contribution in [3.63, 3.8) is 0 Å². The maximum atomic E-state index is 12.6. The van der Waals surface area contributed by atoms with E-state index in [1.807, 2.05) is 0 Å². The molecule has 2 N–H and O–H groups in total. The zero-order valence-corrected chi connectivity index (χ0v) is 11.9. The summed E-state index contributed by atoms with van der Waals surface area (Å²) in [5.74, 6) is 0.744. The van der Waals surface area contributed by atoms with E-state index in [-0.39, 0.29) is 17.9 Å². The van der Waals surface area contributed by atoms with E-state index in [0.29, 0.717) is 27.1 Å². The predicted molar refractivity (Wildman–Crippen MR) is 76.5 cm³/mol. The first-order chi connectivity index (χ1) is 10.0. The van der Waals surface area contributed by atoms with Crippen LogP contribution >= 0.6 is 0 Å². The van der Waals surface area contributed by atoms with Crippen LogP contribution in [0.5, 0.6) is 5.75 Å². The van der Waals surface area contributed by atoms with Gasteiger partial charge in [0, 0.05) is 18.5 Å². The molecule has 0 radical (unpaired) electrons. The molecule has 1 aromatic heterocycles. The molecule has 21 heavy (non-hydrogen) atoms. The van der Waals surface area contributed by atoms with E-state index in [1.54, 1.807) is 31.1 Å². The van der Waals surface area contributed by atoms with Crippen LogP contribution in [0.4, 0.5) is 0 Å². The third-order valence-electron chi connectivity index (χ3n) is 3.76. The van der Waals surface area contributed by atoms with Crippen molar-refractivity contribution >= 4 is 11.0 Å². The van der Waals surface area contributed by atoms with E-state index < -0.39 is 6.04 Å². The highest BCUT2D eigenvalue weighted by atomic mass is 16.5. The summed E-state index contributed by atoms with van der Waals surface area (Å²) >= 11 is 0. The number of likely N-dealkylation sites (N-methyl/N-ethyl adjacent to an activating group) is 1. The number of rotatable bonds is 3. The molecule has 8 heteroatoms. The third kappa shape index (κ3) is 2.12. The number of aromatic nitrogens is 3. The van der Waals surface area contributed by atoms with Crippen molar-refractivity contribution in [1.29, 1.82) is 0 Å². The number of nitrogens with zero attached hydrogens (tertiary/aromatic N) is 4. The van der Waals surface area contributed by atoms with Gasteiger partial charge in [-0.2, -0.15) is 0 Å². The molecule has 0 saturated carbocycles. The lowest BCUT2D eigenvalue weighted by Gasteiger charge is -2.25. The molecule has 1 aliphatic heterocycles. The standard InChI is InChI=1S/C13H17N5O3/c1-16(2)11(7-14)13-15-18(20)10-6-12-8(3-4-21-12)5-9(10)17(13)19/h5-6,11H,3-4,7,14H2,1-2H3. The van der Waals surface area contributed by atoms with Crippen molar-refractivity contribution in [2.24, 2.45) is 5.73 Å². The largest absolute Gasteiger partial charge is 0.804 e. The van der Waals surface area contributed by atoms with Gasteiger partial charge in [-0.15, -0.1) is 0 Å². The fourth-order valence-electron chi connectivity index (χ4n) is 2.58. The lowest BCUT2D eigenvalue weighted by atomic mass is 10.1. The number of hydrogen-bond donors (Lipinski definition) is 1. The average Bonchev–Trinajstić information content (AvgIpc) is 2.90. The zero-order chi connectivity index (χ0) is 15.1. The molecule has 0 aliphatic carbocycles. The van der Waals surface area contributed by atoms with Gasteiger partial charge >= 0.3 is 5.52 Å². The molecule has 2 aromatic rings. The van der Waals surface area contributed by atoms with E-state index in [9.17, 15) is 10.1 Å². The van der Waals surface area contributed by atoms with Gasteiger partial charge in [-0.3, -0.25) is 4.90 Å². The van der Waals surface area contributed by atoms with Crippen molar-refractivity contribution < 1.29 is 9.28 Å². The van der Waals surface area contributed by atoms with Gasteiger partial charge in [0.2, 0.25) is 0 Å². The van der Waals surface area contributed by atoms with Crippen LogP contribution in [-0.2, 0) is 6.42 Å². The summed E-state index contributed by atoms with van der Waals surface area (Å²) in [5, 5.41) is 16.4. The summed E-state index contributed by atoms with van der Waals surface area (Å²) in [6, 6.07) is 2.85. The second kappa shape index (κ2) is 4.97. The van der Waals surface area contributed by atoms with Crippen LogP contribution in [0.3, 0.4) is 0 Å². The van der Waals surface area contributed by atoms with Crippen molar-refractivity contribution in [1.82, 2.24) is 14.7 Å². The molecule has 0 spiro atoms. The quantitative estimate of drug-likeness (QED) is 0.785. The van der Waals surface area contributed by atoms with Crippen molar-refractivity contribution in [2.45, 2.75) is 12.5 Å². The number of hydrogen-bond acceptors (Lipinski definition) is 6. The van der Waals surface area contributed by atoms with E-state index in [0.717, 1.165) is 12.0 Å². The highest BCUT2D eigenvalue weighted by Gasteiger charge is 2.25. The maximum absolute atomic E-state index is 12.6. The van der Waals surface area contributed by atoms with Crippen LogP contribution < -0.4 is 15.0 Å². The fraction of sp³-hybridized carbons (Fsp3) is 0.462. The summed E-state index contributed by atoms with van der Waals surface area (Å²) in [4.78, 5) is 13.9. The monoisotopic (exact) mass is 291 g/mol. The van der Waals surface area contributed by atoms with E-state index in [4.69, 9.17) is 10.5 Å². The van der Waals surface area contributed by atoms with Crippen LogP contribution in [0.1, 0.15) is 17.4 Å². The topological polar surface area (TPSA) is 102 Å². The molecule has 0 fully saturated rings. The van der Waals surface area contributed by atoms with Crippen molar-refractivity contribution in [3.8, 4) is 5.75 Å². The molecule has 0 bridgehead atoms. The summed E-state index contributed by atoms with van der Waals surface area (Å²) in [7, 11) is 3.57. The van der Waals surface area contributed by atoms with Crippen LogP contribution in [-0.4, -0.2) is 42.0 Å². The minimum absolute atomic E-state index is 0.101. The van der Waals surface area contributed by atoms with Gasteiger partial charge < -0.3 is 20.4 Å². The second-order valence-corrected chi connectivity index (χ2v) is 5.29. The molecule has 112 valence electrons. The Morgan fingerprint density at radius 1 is 1.57 bits per heavy atom. The minimum atomic E-state index is -0.420. The number of nitrogens with two attached hydrogens (primary N) is 1. The van der Waals surface area contributed by atoms with Crippen LogP contribution in [0.15, 0.2) is 12.1 Å². The fourth-order valence-corrected chi connectivity index (χ4v) is 2.58. The third-order valence-corrected chi connectivity index (χ3v) is 3.76. The Bertz CT molecular complexity index is 756. The molecule has 1 aromatic carbocycles. The summed E-state index contributed by atoms with van der Waals surface area (Å²) in [6.07, 6.45) is 0.732. The molecule has 0 saturated heterocycles.